The Hall–Kier alpha value is -2.96. The van der Waals surface area contributed by atoms with Crippen molar-refractivity contribution in [2.75, 3.05) is 13.1 Å². The minimum Gasteiger partial charge on any atom is -0.356 e. The van der Waals surface area contributed by atoms with E-state index in [4.69, 9.17) is 0 Å². The standard InChI is InChI=1S/C21H24FN5O/c1-3-15-12-17(20(22)21-18(15)11-14(2)24-21)16-5-4-8-26(13-16)19(28)6-9-27-10-7-23-25-27/h5,7,10-12,24H,3-4,6,8-9,13H2,1-2H3. The summed E-state index contributed by atoms with van der Waals surface area (Å²) < 4.78 is 16.9. The number of nitrogens with one attached hydrogen (secondary N) is 1. The van der Waals surface area contributed by atoms with E-state index in [1.165, 1.54) is 0 Å². The maximum atomic E-state index is 15.3. The molecule has 28 heavy (non-hydrogen) atoms. The Morgan fingerprint density at radius 2 is 2.21 bits per heavy atom. The van der Waals surface area contributed by atoms with E-state index < -0.39 is 0 Å². The first-order chi connectivity index (χ1) is 13.6. The number of benzene rings is 1. The van der Waals surface area contributed by atoms with Gasteiger partial charge in [0.1, 0.15) is 0 Å². The Kier molecular flexibility index (Phi) is 4.98. The molecule has 7 heteroatoms. The smallest absolute Gasteiger partial charge is 0.224 e. The van der Waals surface area contributed by atoms with Crippen molar-refractivity contribution >= 4 is 22.4 Å². The lowest BCUT2D eigenvalue weighted by Gasteiger charge is -2.28. The number of aryl methyl sites for hydroxylation is 3. The van der Waals surface area contributed by atoms with Crippen molar-refractivity contribution in [3.8, 4) is 0 Å². The molecule has 0 radical (unpaired) electrons. The second-order valence-corrected chi connectivity index (χ2v) is 7.24. The fourth-order valence-corrected chi connectivity index (χ4v) is 3.86. The SMILES string of the molecule is CCc1cc(C2=CCCN(C(=O)CCn3ccnn3)C2)c(F)c2[nH]c(C)cc12. The molecule has 1 aliphatic rings. The van der Waals surface area contributed by atoms with Crippen molar-refractivity contribution < 1.29 is 9.18 Å². The molecule has 0 saturated heterocycles. The largest absolute Gasteiger partial charge is 0.356 e. The number of amides is 1. The van der Waals surface area contributed by atoms with Crippen LogP contribution in [0.3, 0.4) is 0 Å². The molecular weight excluding hydrogens is 357 g/mol. The van der Waals surface area contributed by atoms with E-state index in [9.17, 15) is 4.79 Å². The molecule has 0 saturated carbocycles. The van der Waals surface area contributed by atoms with Gasteiger partial charge in [-0.3, -0.25) is 9.48 Å². The van der Waals surface area contributed by atoms with Gasteiger partial charge in [-0.05, 0) is 43.0 Å². The first-order valence-corrected chi connectivity index (χ1v) is 9.68. The monoisotopic (exact) mass is 381 g/mol. The van der Waals surface area contributed by atoms with Gasteiger partial charge >= 0.3 is 0 Å². The van der Waals surface area contributed by atoms with Crippen LogP contribution in [0.1, 0.15) is 36.6 Å². The normalized spacial score (nSPS) is 14.5. The maximum Gasteiger partial charge on any atom is 0.224 e. The van der Waals surface area contributed by atoms with Gasteiger partial charge in [-0.2, -0.15) is 0 Å². The summed E-state index contributed by atoms with van der Waals surface area (Å²) in [6.07, 6.45) is 7.31. The van der Waals surface area contributed by atoms with E-state index in [1.54, 1.807) is 17.1 Å². The van der Waals surface area contributed by atoms with E-state index in [-0.39, 0.29) is 11.7 Å². The molecule has 1 aliphatic heterocycles. The molecule has 146 valence electrons. The van der Waals surface area contributed by atoms with Gasteiger partial charge in [0, 0.05) is 42.4 Å². The van der Waals surface area contributed by atoms with E-state index in [2.05, 4.69) is 28.3 Å². The number of halogens is 1. The third kappa shape index (κ3) is 3.44. The number of hydrogen-bond acceptors (Lipinski definition) is 3. The average Bonchev–Trinajstić information content (AvgIpc) is 3.36. The molecule has 0 bridgehead atoms. The number of carbonyl (C=O) groups is 1. The number of aromatic nitrogens is 4. The van der Waals surface area contributed by atoms with Crippen LogP contribution < -0.4 is 0 Å². The van der Waals surface area contributed by atoms with Gasteiger partial charge in [0.25, 0.3) is 0 Å². The van der Waals surface area contributed by atoms with E-state index in [1.807, 2.05) is 24.0 Å². The lowest BCUT2D eigenvalue weighted by Crippen LogP contribution is -2.36. The van der Waals surface area contributed by atoms with Crippen molar-refractivity contribution in [2.24, 2.45) is 0 Å². The maximum absolute atomic E-state index is 15.3. The second kappa shape index (κ2) is 7.58. The first-order valence-electron chi connectivity index (χ1n) is 9.68. The lowest BCUT2D eigenvalue weighted by atomic mass is 9.95. The molecule has 0 fully saturated rings. The topological polar surface area (TPSA) is 66.8 Å². The Labute approximate surface area is 163 Å². The highest BCUT2D eigenvalue weighted by Gasteiger charge is 2.23. The summed E-state index contributed by atoms with van der Waals surface area (Å²) in [4.78, 5) is 17.6. The van der Waals surface area contributed by atoms with Crippen molar-refractivity contribution in [3.63, 3.8) is 0 Å². The molecule has 1 aromatic carbocycles. The number of fused-ring (bicyclic) bond motifs is 1. The van der Waals surface area contributed by atoms with Gasteiger partial charge in [-0.25, -0.2) is 4.39 Å². The molecule has 3 heterocycles. The summed E-state index contributed by atoms with van der Waals surface area (Å²) in [5.41, 5.74) is 4.10. The summed E-state index contributed by atoms with van der Waals surface area (Å²) in [7, 11) is 0. The fraction of sp³-hybridized carbons (Fsp3) is 0.381. The van der Waals surface area contributed by atoms with Gasteiger partial charge in [0.15, 0.2) is 5.82 Å². The number of carbonyl (C=O) groups excluding carboxylic acids is 1. The molecule has 4 rings (SSSR count). The van der Waals surface area contributed by atoms with Crippen LogP contribution in [0.2, 0.25) is 0 Å². The van der Waals surface area contributed by atoms with Crippen molar-refractivity contribution in [2.45, 2.75) is 39.7 Å². The predicted molar refractivity (Wildman–Crippen MR) is 106 cm³/mol. The van der Waals surface area contributed by atoms with Gasteiger partial charge in [-0.15, -0.1) is 5.10 Å². The molecule has 6 nitrogen and oxygen atoms in total. The second-order valence-electron chi connectivity index (χ2n) is 7.24. The van der Waals surface area contributed by atoms with Gasteiger partial charge in [-0.1, -0.05) is 18.2 Å². The molecule has 0 unspecified atom stereocenters. The van der Waals surface area contributed by atoms with Crippen LogP contribution in [0.15, 0.2) is 30.6 Å². The highest BCUT2D eigenvalue weighted by Crippen LogP contribution is 2.32. The van der Waals surface area contributed by atoms with Crippen LogP contribution in [0.4, 0.5) is 4.39 Å². The van der Waals surface area contributed by atoms with Crippen LogP contribution in [-0.4, -0.2) is 43.9 Å². The quantitative estimate of drug-likeness (QED) is 0.736. The molecule has 0 atom stereocenters. The third-order valence-corrected chi connectivity index (χ3v) is 5.33. The number of H-pyrrole nitrogens is 1. The van der Waals surface area contributed by atoms with Crippen LogP contribution >= 0.6 is 0 Å². The minimum atomic E-state index is -0.233. The summed E-state index contributed by atoms with van der Waals surface area (Å²) in [6.45, 7) is 5.60. The van der Waals surface area contributed by atoms with Crippen molar-refractivity contribution in [1.29, 1.82) is 0 Å². The molecule has 1 amide bonds. The molecule has 0 spiro atoms. The zero-order valence-electron chi connectivity index (χ0n) is 16.2. The van der Waals surface area contributed by atoms with Crippen LogP contribution in [-0.2, 0) is 17.8 Å². The lowest BCUT2D eigenvalue weighted by molar-refractivity contribution is -0.131. The molecular formula is C21H24FN5O. The number of nitrogens with zero attached hydrogens (tertiary/aromatic N) is 4. The van der Waals surface area contributed by atoms with Gasteiger partial charge in [0.2, 0.25) is 5.91 Å². The first kappa shape index (κ1) is 18.4. The molecule has 3 aromatic rings. The Balaban J connectivity index is 1.57. The van der Waals surface area contributed by atoms with E-state index in [0.29, 0.717) is 37.1 Å². The zero-order valence-corrected chi connectivity index (χ0v) is 16.2. The number of hydrogen-bond donors (Lipinski definition) is 1. The predicted octanol–water partition coefficient (Wildman–Crippen LogP) is 3.48. The third-order valence-electron chi connectivity index (χ3n) is 5.33. The Morgan fingerprint density at radius 3 is 2.96 bits per heavy atom. The molecule has 1 N–H and O–H groups in total. The van der Waals surface area contributed by atoms with E-state index >= 15 is 4.39 Å². The van der Waals surface area contributed by atoms with E-state index in [0.717, 1.165) is 35.1 Å². The van der Waals surface area contributed by atoms with Crippen molar-refractivity contribution in [3.05, 3.63) is 53.2 Å². The van der Waals surface area contributed by atoms with Gasteiger partial charge in [0.05, 0.1) is 18.3 Å². The number of rotatable bonds is 5. The van der Waals surface area contributed by atoms with Crippen LogP contribution in [0.5, 0.6) is 0 Å². The minimum absolute atomic E-state index is 0.0500. The summed E-state index contributed by atoms with van der Waals surface area (Å²) >= 11 is 0. The number of aromatic amines is 1. The molecule has 2 aromatic heterocycles. The fourth-order valence-electron chi connectivity index (χ4n) is 3.86. The van der Waals surface area contributed by atoms with Gasteiger partial charge < -0.3 is 9.88 Å². The summed E-state index contributed by atoms with van der Waals surface area (Å²) in [5.74, 6) is -0.183. The summed E-state index contributed by atoms with van der Waals surface area (Å²) in [5, 5.41) is 8.58. The molecule has 0 aliphatic carbocycles. The van der Waals surface area contributed by atoms with Crippen LogP contribution in [0.25, 0.3) is 16.5 Å². The Morgan fingerprint density at radius 1 is 1.36 bits per heavy atom. The zero-order chi connectivity index (χ0) is 19.7. The highest BCUT2D eigenvalue weighted by molar-refractivity contribution is 5.89. The average molecular weight is 381 g/mol. The Bertz CT molecular complexity index is 1030. The van der Waals surface area contributed by atoms with Crippen LogP contribution in [0, 0.1) is 12.7 Å². The highest BCUT2D eigenvalue weighted by atomic mass is 19.1. The summed E-state index contributed by atoms with van der Waals surface area (Å²) in [6, 6.07) is 3.94. The van der Waals surface area contributed by atoms with Crippen molar-refractivity contribution in [1.82, 2.24) is 24.9 Å².